The maximum atomic E-state index is 12.8. The van der Waals surface area contributed by atoms with Gasteiger partial charge in [0.05, 0.1) is 11.8 Å². The SMILES string of the molecule is Cc1ccc(C(C)NC(=O)c2ccc(C3SCC(=O)N3Cc3ccccc3)cc2)cc1C. The molecule has 3 aromatic carbocycles. The highest BCUT2D eigenvalue weighted by molar-refractivity contribution is 8.00. The van der Waals surface area contributed by atoms with Crippen LogP contribution in [0.15, 0.2) is 72.8 Å². The second-order valence-electron chi connectivity index (χ2n) is 8.33. The molecule has 0 spiro atoms. The lowest BCUT2D eigenvalue weighted by atomic mass is 10.0. The number of benzene rings is 3. The summed E-state index contributed by atoms with van der Waals surface area (Å²) in [5, 5.41) is 3.05. The fourth-order valence-corrected chi connectivity index (χ4v) is 5.07. The lowest BCUT2D eigenvalue weighted by molar-refractivity contribution is -0.128. The molecule has 0 bridgehead atoms. The van der Waals surface area contributed by atoms with Gasteiger partial charge in [-0.3, -0.25) is 9.59 Å². The van der Waals surface area contributed by atoms with Gasteiger partial charge in [-0.1, -0.05) is 60.7 Å². The molecule has 2 amide bonds. The van der Waals surface area contributed by atoms with Gasteiger partial charge in [-0.05, 0) is 60.7 Å². The zero-order valence-corrected chi connectivity index (χ0v) is 19.5. The second-order valence-corrected chi connectivity index (χ2v) is 9.40. The summed E-state index contributed by atoms with van der Waals surface area (Å²) in [7, 11) is 0. The molecule has 32 heavy (non-hydrogen) atoms. The highest BCUT2D eigenvalue weighted by Crippen LogP contribution is 2.39. The molecular weight excluding hydrogens is 416 g/mol. The molecule has 1 fully saturated rings. The molecule has 1 saturated heterocycles. The minimum atomic E-state index is -0.0985. The van der Waals surface area contributed by atoms with E-state index in [0.29, 0.717) is 17.9 Å². The Hall–Kier alpha value is -3.05. The Balaban J connectivity index is 1.44. The van der Waals surface area contributed by atoms with Crippen molar-refractivity contribution in [2.45, 2.75) is 38.7 Å². The summed E-state index contributed by atoms with van der Waals surface area (Å²) in [6.45, 7) is 6.76. The zero-order valence-electron chi connectivity index (χ0n) is 18.7. The molecule has 0 radical (unpaired) electrons. The summed E-state index contributed by atoms with van der Waals surface area (Å²) in [6.07, 6.45) is 0. The molecule has 4 nitrogen and oxygen atoms in total. The predicted molar refractivity (Wildman–Crippen MR) is 130 cm³/mol. The Morgan fingerprint density at radius 2 is 1.75 bits per heavy atom. The number of aryl methyl sites for hydroxylation is 2. The minimum absolute atomic E-state index is 0.0331. The van der Waals surface area contributed by atoms with Crippen molar-refractivity contribution in [3.8, 4) is 0 Å². The first kappa shape index (κ1) is 22.2. The number of thioether (sulfide) groups is 1. The molecule has 0 aliphatic carbocycles. The third-order valence-corrected chi connectivity index (χ3v) is 7.26. The Labute approximate surface area is 194 Å². The molecule has 3 aromatic rings. The molecule has 2 unspecified atom stereocenters. The van der Waals surface area contributed by atoms with E-state index in [2.05, 4.69) is 37.4 Å². The Morgan fingerprint density at radius 3 is 2.44 bits per heavy atom. The molecule has 0 aromatic heterocycles. The van der Waals surface area contributed by atoms with Gasteiger partial charge in [0.25, 0.3) is 5.91 Å². The van der Waals surface area contributed by atoms with E-state index in [9.17, 15) is 9.59 Å². The maximum absolute atomic E-state index is 12.8. The Bertz CT molecular complexity index is 1110. The van der Waals surface area contributed by atoms with Crippen LogP contribution in [0.1, 0.15) is 56.5 Å². The fraction of sp³-hybridized carbons (Fsp3) is 0.259. The Morgan fingerprint density at radius 1 is 1.03 bits per heavy atom. The number of hydrogen-bond acceptors (Lipinski definition) is 3. The van der Waals surface area contributed by atoms with Crippen molar-refractivity contribution in [1.29, 1.82) is 0 Å². The van der Waals surface area contributed by atoms with Crippen LogP contribution in [0.3, 0.4) is 0 Å². The first-order valence-electron chi connectivity index (χ1n) is 10.9. The van der Waals surface area contributed by atoms with Gasteiger partial charge in [-0.15, -0.1) is 11.8 Å². The standard InChI is InChI=1S/C27H28N2O2S/c1-18-9-10-24(15-19(18)2)20(3)28-26(31)22-11-13-23(14-12-22)27-29(25(30)17-32-27)16-21-7-5-4-6-8-21/h4-15,20,27H,16-17H2,1-3H3,(H,28,31). The number of nitrogens with one attached hydrogen (secondary N) is 1. The first-order valence-corrected chi connectivity index (χ1v) is 11.9. The number of hydrogen-bond donors (Lipinski definition) is 1. The van der Waals surface area contributed by atoms with Crippen molar-refractivity contribution in [3.63, 3.8) is 0 Å². The maximum Gasteiger partial charge on any atom is 0.251 e. The van der Waals surface area contributed by atoms with E-state index in [4.69, 9.17) is 0 Å². The Kier molecular flexibility index (Phi) is 6.66. The monoisotopic (exact) mass is 444 g/mol. The van der Waals surface area contributed by atoms with Crippen LogP contribution >= 0.6 is 11.8 Å². The average Bonchev–Trinajstić information content (AvgIpc) is 3.16. The van der Waals surface area contributed by atoms with E-state index < -0.39 is 0 Å². The van der Waals surface area contributed by atoms with Crippen molar-refractivity contribution in [3.05, 3.63) is 106 Å². The van der Waals surface area contributed by atoms with Crippen LogP contribution in [0.2, 0.25) is 0 Å². The lowest BCUT2D eigenvalue weighted by Gasteiger charge is -2.24. The molecule has 1 aliphatic rings. The van der Waals surface area contributed by atoms with Crippen molar-refractivity contribution < 1.29 is 9.59 Å². The summed E-state index contributed by atoms with van der Waals surface area (Å²) < 4.78 is 0. The normalized spacial score (nSPS) is 16.8. The molecular formula is C27H28N2O2S. The lowest BCUT2D eigenvalue weighted by Crippen LogP contribution is -2.28. The van der Waals surface area contributed by atoms with Crippen molar-refractivity contribution in [2.75, 3.05) is 5.75 Å². The molecule has 1 N–H and O–H groups in total. The van der Waals surface area contributed by atoms with Gasteiger partial charge >= 0.3 is 0 Å². The van der Waals surface area contributed by atoms with Gasteiger partial charge < -0.3 is 10.2 Å². The van der Waals surface area contributed by atoms with Crippen LogP contribution < -0.4 is 5.32 Å². The van der Waals surface area contributed by atoms with Gasteiger partial charge in [-0.2, -0.15) is 0 Å². The summed E-state index contributed by atoms with van der Waals surface area (Å²) >= 11 is 1.63. The second kappa shape index (κ2) is 9.61. The first-order chi connectivity index (χ1) is 15.4. The van der Waals surface area contributed by atoms with E-state index in [1.165, 1.54) is 11.1 Å². The molecule has 2 atom stereocenters. The fourth-order valence-electron chi connectivity index (χ4n) is 3.88. The van der Waals surface area contributed by atoms with Crippen LogP contribution in [0.4, 0.5) is 0 Å². The van der Waals surface area contributed by atoms with E-state index in [0.717, 1.165) is 16.7 Å². The van der Waals surface area contributed by atoms with Crippen LogP contribution in [0, 0.1) is 13.8 Å². The third-order valence-electron chi connectivity index (χ3n) is 6.00. The highest BCUT2D eigenvalue weighted by atomic mass is 32.2. The largest absolute Gasteiger partial charge is 0.346 e. The smallest absolute Gasteiger partial charge is 0.251 e. The van der Waals surface area contributed by atoms with Crippen LogP contribution in [-0.4, -0.2) is 22.5 Å². The number of nitrogens with zero attached hydrogens (tertiary/aromatic N) is 1. The molecule has 4 rings (SSSR count). The quantitative estimate of drug-likeness (QED) is 0.541. The van der Waals surface area contributed by atoms with Crippen LogP contribution in [0.25, 0.3) is 0 Å². The average molecular weight is 445 g/mol. The van der Waals surface area contributed by atoms with Crippen molar-refractivity contribution >= 4 is 23.6 Å². The zero-order chi connectivity index (χ0) is 22.7. The van der Waals surface area contributed by atoms with E-state index in [1.807, 2.05) is 66.4 Å². The molecule has 1 heterocycles. The summed E-state index contributed by atoms with van der Waals surface area (Å²) in [5.74, 6) is 0.527. The van der Waals surface area contributed by atoms with E-state index >= 15 is 0 Å². The van der Waals surface area contributed by atoms with Gasteiger partial charge in [0.15, 0.2) is 0 Å². The molecule has 1 aliphatic heterocycles. The van der Waals surface area contributed by atoms with Crippen molar-refractivity contribution in [1.82, 2.24) is 10.2 Å². The number of amides is 2. The highest BCUT2D eigenvalue weighted by Gasteiger charge is 2.32. The van der Waals surface area contributed by atoms with E-state index in [-0.39, 0.29) is 23.2 Å². The molecule has 0 saturated carbocycles. The van der Waals surface area contributed by atoms with Crippen LogP contribution in [0.5, 0.6) is 0 Å². The van der Waals surface area contributed by atoms with Gasteiger partial charge in [0.2, 0.25) is 5.91 Å². The topological polar surface area (TPSA) is 49.4 Å². The van der Waals surface area contributed by atoms with Gasteiger partial charge in [-0.25, -0.2) is 0 Å². The van der Waals surface area contributed by atoms with Gasteiger partial charge in [0.1, 0.15) is 5.37 Å². The number of rotatable bonds is 6. The summed E-state index contributed by atoms with van der Waals surface area (Å²) in [4.78, 5) is 27.2. The third kappa shape index (κ3) is 4.89. The summed E-state index contributed by atoms with van der Waals surface area (Å²) in [6, 6.07) is 23.9. The molecule has 5 heteroatoms. The van der Waals surface area contributed by atoms with Crippen LogP contribution in [-0.2, 0) is 11.3 Å². The predicted octanol–water partition coefficient (Wildman–Crippen LogP) is 5.57. The number of carbonyl (C=O) groups excluding carboxylic acids is 2. The van der Waals surface area contributed by atoms with Crippen molar-refractivity contribution in [2.24, 2.45) is 0 Å². The molecule has 164 valence electrons. The van der Waals surface area contributed by atoms with Gasteiger partial charge in [0, 0.05) is 12.1 Å². The van der Waals surface area contributed by atoms with E-state index in [1.54, 1.807) is 11.8 Å². The minimum Gasteiger partial charge on any atom is -0.346 e. The summed E-state index contributed by atoms with van der Waals surface area (Å²) in [5.41, 5.74) is 6.33. The number of carbonyl (C=O) groups is 2.